The van der Waals surface area contributed by atoms with Crippen LogP contribution in [-0.4, -0.2) is 36.4 Å². The van der Waals surface area contributed by atoms with E-state index in [0.29, 0.717) is 11.6 Å². The summed E-state index contributed by atoms with van der Waals surface area (Å²) in [5.74, 6) is 0.879. The van der Waals surface area contributed by atoms with Crippen LogP contribution in [-0.2, 0) is 0 Å². The number of halogens is 1. The lowest BCUT2D eigenvalue weighted by molar-refractivity contribution is 0.256. The molecule has 100 valence electrons. The number of urea groups is 1. The fraction of sp³-hybridized carbons (Fsp3) is 0.429. The minimum absolute atomic E-state index is 0.214. The molecule has 3 rings (SSSR count). The second-order valence-electron chi connectivity index (χ2n) is 4.90. The molecule has 2 aliphatic heterocycles. The van der Waals surface area contributed by atoms with Crippen LogP contribution in [0.15, 0.2) is 29.3 Å². The molecule has 1 saturated heterocycles. The zero-order chi connectivity index (χ0) is 13.2. The molecule has 2 heterocycles. The quantitative estimate of drug-likeness (QED) is 0.790. The number of rotatable bonds is 1. The van der Waals surface area contributed by atoms with Gasteiger partial charge in [-0.2, -0.15) is 4.99 Å². The van der Waals surface area contributed by atoms with Crippen LogP contribution in [0, 0.1) is 0 Å². The van der Waals surface area contributed by atoms with Crippen LogP contribution >= 0.6 is 11.6 Å². The first kappa shape index (κ1) is 12.5. The van der Waals surface area contributed by atoms with Crippen molar-refractivity contribution >= 4 is 29.2 Å². The average Bonchev–Trinajstić information content (AvgIpc) is 2.82. The molecule has 4 nitrogen and oxygen atoms in total. The number of hydrogen-bond acceptors (Lipinski definition) is 2. The minimum atomic E-state index is -0.214. The summed E-state index contributed by atoms with van der Waals surface area (Å²) in [7, 11) is 0. The first-order chi connectivity index (χ1) is 9.25. The topological polar surface area (TPSA) is 35.9 Å². The zero-order valence-electron chi connectivity index (χ0n) is 10.7. The van der Waals surface area contributed by atoms with Crippen molar-refractivity contribution in [3.05, 3.63) is 29.3 Å². The third-order valence-electron chi connectivity index (χ3n) is 3.62. The van der Waals surface area contributed by atoms with Crippen LogP contribution in [0.5, 0.6) is 0 Å². The molecule has 1 fully saturated rings. The van der Waals surface area contributed by atoms with E-state index in [1.807, 2.05) is 18.2 Å². The van der Waals surface area contributed by atoms with E-state index >= 15 is 0 Å². The Kier molecular flexibility index (Phi) is 3.42. The van der Waals surface area contributed by atoms with Gasteiger partial charge in [0.25, 0.3) is 0 Å². The van der Waals surface area contributed by atoms with Crippen molar-refractivity contribution in [2.75, 3.05) is 24.5 Å². The number of aliphatic imine (C=N–C) groups is 1. The number of hydrogen-bond donors (Lipinski definition) is 0. The lowest BCUT2D eigenvalue weighted by Gasteiger charge is -2.28. The second kappa shape index (κ2) is 5.21. The molecular formula is C14H16ClN3O. The molecule has 0 aliphatic carbocycles. The molecule has 0 atom stereocenters. The van der Waals surface area contributed by atoms with Gasteiger partial charge in [-0.25, -0.2) is 4.79 Å². The number of amides is 2. The van der Waals surface area contributed by atoms with Gasteiger partial charge in [0.2, 0.25) is 0 Å². The van der Waals surface area contributed by atoms with Crippen molar-refractivity contribution in [1.29, 1.82) is 0 Å². The molecule has 0 unspecified atom stereocenters. The van der Waals surface area contributed by atoms with Crippen LogP contribution in [0.4, 0.5) is 10.5 Å². The molecule has 19 heavy (non-hydrogen) atoms. The Bertz CT molecular complexity index is 523. The maximum absolute atomic E-state index is 12.0. The highest BCUT2D eigenvalue weighted by Gasteiger charge is 2.29. The predicted octanol–water partition coefficient (Wildman–Crippen LogP) is 3.16. The van der Waals surface area contributed by atoms with Crippen LogP contribution < -0.4 is 4.90 Å². The molecule has 2 aliphatic rings. The number of carbonyl (C=O) groups excluding carboxylic acids is 1. The SMILES string of the molecule is O=C1N=C(N2CCCCC2)CN1c1ccccc1Cl. The third kappa shape index (κ3) is 2.45. The third-order valence-corrected chi connectivity index (χ3v) is 3.94. The largest absolute Gasteiger partial charge is 0.358 e. The molecule has 1 aromatic rings. The minimum Gasteiger partial charge on any atom is -0.358 e. The number of anilines is 1. The molecule has 0 radical (unpaired) electrons. The number of benzene rings is 1. The van der Waals surface area contributed by atoms with Gasteiger partial charge in [-0.3, -0.25) is 4.90 Å². The van der Waals surface area contributed by atoms with Gasteiger partial charge in [-0.15, -0.1) is 0 Å². The molecular weight excluding hydrogens is 262 g/mol. The summed E-state index contributed by atoms with van der Waals surface area (Å²) < 4.78 is 0. The highest BCUT2D eigenvalue weighted by molar-refractivity contribution is 6.34. The molecule has 0 spiro atoms. The molecule has 0 saturated carbocycles. The van der Waals surface area contributed by atoms with E-state index in [0.717, 1.165) is 24.6 Å². The number of piperidine rings is 1. The number of carbonyl (C=O) groups is 1. The summed E-state index contributed by atoms with van der Waals surface area (Å²) in [4.78, 5) is 20.1. The number of likely N-dealkylation sites (tertiary alicyclic amines) is 1. The van der Waals surface area contributed by atoms with Crippen LogP contribution in [0.25, 0.3) is 0 Å². The Labute approximate surface area is 117 Å². The summed E-state index contributed by atoms with van der Waals surface area (Å²) in [6.07, 6.45) is 3.63. The van der Waals surface area contributed by atoms with Gasteiger partial charge in [0.1, 0.15) is 5.84 Å². The van der Waals surface area contributed by atoms with Gasteiger partial charge >= 0.3 is 6.03 Å². The van der Waals surface area contributed by atoms with Crippen LogP contribution in [0.1, 0.15) is 19.3 Å². The standard InChI is InChI=1S/C14H16ClN3O/c15-11-6-2-3-7-12(11)18-10-13(16-14(18)19)17-8-4-1-5-9-17/h2-3,6-7H,1,4-5,8-10H2. The smallest absolute Gasteiger partial charge is 0.350 e. The van der Waals surface area contributed by atoms with Gasteiger partial charge in [0.15, 0.2) is 0 Å². The van der Waals surface area contributed by atoms with E-state index in [1.165, 1.54) is 19.3 Å². The maximum Gasteiger partial charge on any atom is 0.350 e. The molecule has 5 heteroatoms. The Balaban J connectivity index is 1.78. The van der Waals surface area contributed by atoms with Gasteiger partial charge < -0.3 is 4.90 Å². The van der Waals surface area contributed by atoms with Crippen molar-refractivity contribution in [2.45, 2.75) is 19.3 Å². The van der Waals surface area contributed by atoms with Crippen LogP contribution in [0.2, 0.25) is 5.02 Å². The van der Waals surface area contributed by atoms with Crippen molar-refractivity contribution in [2.24, 2.45) is 4.99 Å². The summed E-state index contributed by atoms with van der Waals surface area (Å²) in [6.45, 7) is 2.54. The monoisotopic (exact) mass is 277 g/mol. The second-order valence-corrected chi connectivity index (χ2v) is 5.30. The van der Waals surface area contributed by atoms with Crippen molar-refractivity contribution in [3.8, 4) is 0 Å². The maximum atomic E-state index is 12.0. The molecule has 0 bridgehead atoms. The van der Waals surface area contributed by atoms with E-state index in [9.17, 15) is 4.79 Å². The van der Waals surface area contributed by atoms with E-state index in [2.05, 4.69) is 9.89 Å². The van der Waals surface area contributed by atoms with Crippen molar-refractivity contribution < 1.29 is 4.79 Å². The number of para-hydroxylation sites is 1. The molecule has 2 amide bonds. The molecule has 1 aromatic carbocycles. The lowest BCUT2D eigenvalue weighted by Crippen LogP contribution is -2.39. The van der Waals surface area contributed by atoms with Gasteiger partial charge in [-0.1, -0.05) is 23.7 Å². The Morgan fingerprint density at radius 1 is 1.11 bits per heavy atom. The summed E-state index contributed by atoms with van der Waals surface area (Å²) in [5, 5.41) is 0.589. The first-order valence-electron chi connectivity index (χ1n) is 6.64. The Morgan fingerprint density at radius 2 is 1.84 bits per heavy atom. The number of amidine groups is 1. The van der Waals surface area contributed by atoms with E-state index in [4.69, 9.17) is 11.6 Å². The fourth-order valence-electron chi connectivity index (χ4n) is 2.60. The van der Waals surface area contributed by atoms with E-state index in [1.54, 1.807) is 11.0 Å². The predicted molar refractivity (Wildman–Crippen MR) is 77.1 cm³/mol. The normalized spacial score (nSPS) is 19.8. The highest BCUT2D eigenvalue weighted by atomic mass is 35.5. The zero-order valence-corrected chi connectivity index (χ0v) is 11.4. The van der Waals surface area contributed by atoms with Crippen molar-refractivity contribution in [1.82, 2.24) is 4.90 Å². The average molecular weight is 278 g/mol. The van der Waals surface area contributed by atoms with Gasteiger partial charge in [0.05, 0.1) is 17.3 Å². The summed E-state index contributed by atoms with van der Waals surface area (Å²) >= 11 is 6.14. The van der Waals surface area contributed by atoms with Crippen LogP contribution in [0.3, 0.4) is 0 Å². The van der Waals surface area contributed by atoms with E-state index < -0.39 is 0 Å². The molecule has 0 N–H and O–H groups in total. The first-order valence-corrected chi connectivity index (χ1v) is 7.02. The Morgan fingerprint density at radius 3 is 2.58 bits per heavy atom. The summed E-state index contributed by atoms with van der Waals surface area (Å²) in [5.41, 5.74) is 0.741. The fourth-order valence-corrected chi connectivity index (χ4v) is 2.83. The Hall–Kier alpha value is -1.55. The van der Waals surface area contributed by atoms with E-state index in [-0.39, 0.29) is 6.03 Å². The number of nitrogens with zero attached hydrogens (tertiary/aromatic N) is 3. The van der Waals surface area contributed by atoms with Crippen molar-refractivity contribution in [3.63, 3.8) is 0 Å². The summed E-state index contributed by atoms with van der Waals surface area (Å²) in [6, 6.07) is 7.18. The molecule has 0 aromatic heterocycles. The van der Waals surface area contributed by atoms with Gasteiger partial charge in [0, 0.05) is 13.1 Å². The van der Waals surface area contributed by atoms with Gasteiger partial charge in [-0.05, 0) is 31.4 Å². The lowest BCUT2D eigenvalue weighted by atomic mass is 10.1. The highest BCUT2D eigenvalue weighted by Crippen LogP contribution is 2.28.